The minimum atomic E-state index is -0.986. The van der Waals surface area contributed by atoms with Crippen LogP contribution in [0.25, 0.3) is 11.3 Å². The van der Waals surface area contributed by atoms with Crippen molar-refractivity contribution in [3.63, 3.8) is 0 Å². The summed E-state index contributed by atoms with van der Waals surface area (Å²) >= 11 is 7.63. The number of carboxylic acids is 1. The number of carbonyl (C=O) groups is 1. The van der Waals surface area contributed by atoms with Crippen molar-refractivity contribution in [3.8, 4) is 11.3 Å². The van der Waals surface area contributed by atoms with Gasteiger partial charge in [-0.05, 0) is 12.1 Å². The van der Waals surface area contributed by atoms with Crippen molar-refractivity contribution in [1.29, 1.82) is 0 Å². The Bertz CT molecular complexity index is 939. The van der Waals surface area contributed by atoms with Crippen LogP contribution in [0.2, 0.25) is 5.02 Å². The first-order chi connectivity index (χ1) is 12.1. The standard InChI is InChI=1S/C18H14ClN3O2S/c1-22(20-10-12-6-2-3-7-13(12)17(23)24)18-21-16(11-25-18)14-8-4-5-9-15(14)19/h2-11H,1H3,(H,23,24). The summed E-state index contributed by atoms with van der Waals surface area (Å²) in [5.74, 6) is -0.986. The summed E-state index contributed by atoms with van der Waals surface area (Å²) in [6.07, 6.45) is 1.51. The maximum atomic E-state index is 11.2. The van der Waals surface area contributed by atoms with Crippen molar-refractivity contribution >= 4 is 40.3 Å². The maximum Gasteiger partial charge on any atom is 0.336 e. The lowest BCUT2D eigenvalue weighted by Crippen LogP contribution is -2.09. The van der Waals surface area contributed by atoms with E-state index in [1.54, 1.807) is 36.3 Å². The van der Waals surface area contributed by atoms with Gasteiger partial charge in [0.15, 0.2) is 0 Å². The highest BCUT2D eigenvalue weighted by Gasteiger charge is 2.11. The summed E-state index contributed by atoms with van der Waals surface area (Å²) in [5.41, 5.74) is 2.37. The lowest BCUT2D eigenvalue weighted by Gasteiger charge is -2.08. The molecule has 25 heavy (non-hydrogen) atoms. The highest BCUT2D eigenvalue weighted by molar-refractivity contribution is 7.14. The third-order valence-electron chi connectivity index (χ3n) is 3.48. The van der Waals surface area contributed by atoms with E-state index >= 15 is 0 Å². The zero-order valence-electron chi connectivity index (χ0n) is 13.3. The molecular weight excluding hydrogens is 358 g/mol. The highest BCUT2D eigenvalue weighted by Crippen LogP contribution is 2.31. The lowest BCUT2D eigenvalue weighted by molar-refractivity contribution is 0.0697. The van der Waals surface area contributed by atoms with Gasteiger partial charge in [0.05, 0.1) is 17.5 Å². The van der Waals surface area contributed by atoms with Gasteiger partial charge < -0.3 is 5.11 Å². The third-order valence-corrected chi connectivity index (χ3v) is 4.72. The number of hydrogen-bond acceptors (Lipinski definition) is 5. The molecule has 1 N–H and O–H groups in total. The zero-order chi connectivity index (χ0) is 17.8. The summed E-state index contributed by atoms with van der Waals surface area (Å²) < 4.78 is 0. The number of aromatic nitrogens is 1. The van der Waals surface area contributed by atoms with E-state index in [1.165, 1.54) is 17.6 Å². The molecule has 0 unspecified atom stereocenters. The number of aromatic carboxylic acids is 1. The van der Waals surface area contributed by atoms with Gasteiger partial charge in [-0.15, -0.1) is 11.3 Å². The number of hydrogen-bond donors (Lipinski definition) is 1. The molecule has 1 heterocycles. The van der Waals surface area contributed by atoms with Gasteiger partial charge in [-0.25, -0.2) is 14.8 Å². The third kappa shape index (κ3) is 3.87. The van der Waals surface area contributed by atoms with Gasteiger partial charge in [0, 0.05) is 28.6 Å². The summed E-state index contributed by atoms with van der Waals surface area (Å²) in [6.45, 7) is 0. The zero-order valence-corrected chi connectivity index (χ0v) is 14.8. The van der Waals surface area contributed by atoms with E-state index in [-0.39, 0.29) is 5.56 Å². The molecule has 2 aromatic carbocycles. The van der Waals surface area contributed by atoms with E-state index in [4.69, 9.17) is 11.6 Å². The Labute approximate surface area is 153 Å². The Balaban J connectivity index is 1.82. The Morgan fingerprint density at radius 2 is 1.96 bits per heavy atom. The number of nitrogens with zero attached hydrogens (tertiary/aromatic N) is 3. The van der Waals surface area contributed by atoms with Gasteiger partial charge in [-0.3, -0.25) is 0 Å². The first-order valence-electron chi connectivity index (χ1n) is 7.36. The number of benzene rings is 2. The quantitative estimate of drug-likeness (QED) is 0.524. The molecule has 0 fully saturated rings. The van der Waals surface area contributed by atoms with Crippen molar-refractivity contribution in [2.75, 3.05) is 12.1 Å². The second-order valence-electron chi connectivity index (χ2n) is 5.16. The van der Waals surface area contributed by atoms with Gasteiger partial charge in [0.25, 0.3) is 0 Å². The number of halogens is 1. The molecular formula is C18H14ClN3O2S. The van der Waals surface area contributed by atoms with E-state index in [2.05, 4.69) is 10.1 Å². The average molecular weight is 372 g/mol. The molecule has 0 aliphatic rings. The van der Waals surface area contributed by atoms with Crippen LogP contribution >= 0.6 is 22.9 Å². The number of carboxylic acid groups (broad SMARTS) is 1. The van der Waals surface area contributed by atoms with E-state index in [0.29, 0.717) is 15.7 Å². The Morgan fingerprint density at radius 1 is 1.24 bits per heavy atom. The van der Waals surface area contributed by atoms with Crippen LogP contribution in [0.15, 0.2) is 59.0 Å². The van der Waals surface area contributed by atoms with Crippen LogP contribution in [0.1, 0.15) is 15.9 Å². The normalized spacial score (nSPS) is 11.0. The van der Waals surface area contributed by atoms with Crippen LogP contribution in [0, 0.1) is 0 Å². The minimum Gasteiger partial charge on any atom is -0.478 e. The molecule has 3 rings (SSSR count). The van der Waals surface area contributed by atoms with Gasteiger partial charge >= 0.3 is 5.97 Å². The predicted octanol–water partition coefficient (Wildman–Crippen LogP) is 4.63. The predicted molar refractivity (Wildman–Crippen MR) is 102 cm³/mol. The number of thiazole rings is 1. The summed E-state index contributed by atoms with van der Waals surface area (Å²) in [6, 6.07) is 14.2. The molecule has 126 valence electrons. The van der Waals surface area contributed by atoms with Crippen molar-refractivity contribution in [2.45, 2.75) is 0 Å². The van der Waals surface area contributed by atoms with Crippen molar-refractivity contribution < 1.29 is 9.90 Å². The fraction of sp³-hybridized carbons (Fsp3) is 0.0556. The van der Waals surface area contributed by atoms with Crippen molar-refractivity contribution in [1.82, 2.24) is 4.98 Å². The van der Waals surface area contributed by atoms with E-state index < -0.39 is 5.97 Å². The summed E-state index contributed by atoms with van der Waals surface area (Å²) in [7, 11) is 1.76. The molecule has 0 saturated heterocycles. The average Bonchev–Trinajstić information content (AvgIpc) is 3.10. The number of rotatable bonds is 5. The second-order valence-corrected chi connectivity index (χ2v) is 6.40. The molecule has 3 aromatic rings. The summed E-state index contributed by atoms with van der Waals surface area (Å²) in [5, 5.41) is 18.3. The molecule has 0 saturated carbocycles. The molecule has 1 aromatic heterocycles. The largest absolute Gasteiger partial charge is 0.478 e. The van der Waals surface area contributed by atoms with Crippen molar-refractivity contribution in [2.24, 2.45) is 5.10 Å². The maximum absolute atomic E-state index is 11.2. The Morgan fingerprint density at radius 3 is 2.72 bits per heavy atom. The monoisotopic (exact) mass is 371 g/mol. The molecule has 0 aliphatic heterocycles. The van der Waals surface area contributed by atoms with Crippen LogP contribution in [-0.2, 0) is 0 Å². The first kappa shape index (κ1) is 17.1. The molecule has 0 amide bonds. The van der Waals surface area contributed by atoms with E-state index in [1.807, 2.05) is 29.6 Å². The van der Waals surface area contributed by atoms with Gasteiger partial charge in [0.2, 0.25) is 5.13 Å². The first-order valence-corrected chi connectivity index (χ1v) is 8.62. The summed E-state index contributed by atoms with van der Waals surface area (Å²) in [4.78, 5) is 15.8. The number of anilines is 1. The van der Waals surface area contributed by atoms with Gasteiger partial charge in [-0.2, -0.15) is 5.10 Å². The van der Waals surface area contributed by atoms with Gasteiger partial charge in [-0.1, -0.05) is 48.0 Å². The Kier molecular flexibility index (Phi) is 5.11. The van der Waals surface area contributed by atoms with Crippen LogP contribution < -0.4 is 5.01 Å². The molecule has 0 bridgehead atoms. The van der Waals surface area contributed by atoms with E-state index in [9.17, 15) is 9.90 Å². The molecule has 0 radical (unpaired) electrons. The lowest BCUT2D eigenvalue weighted by atomic mass is 10.1. The highest BCUT2D eigenvalue weighted by atomic mass is 35.5. The van der Waals surface area contributed by atoms with Crippen LogP contribution in [0.4, 0.5) is 5.13 Å². The van der Waals surface area contributed by atoms with Crippen LogP contribution in [0.3, 0.4) is 0 Å². The molecule has 7 heteroatoms. The number of hydrazone groups is 1. The SMILES string of the molecule is CN(N=Cc1ccccc1C(=O)O)c1nc(-c2ccccc2Cl)cs1. The molecule has 0 atom stereocenters. The molecule has 5 nitrogen and oxygen atoms in total. The molecule has 0 spiro atoms. The topological polar surface area (TPSA) is 65.8 Å². The second kappa shape index (κ2) is 7.46. The van der Waals surface area contributed by atoms with Crippen molar-refractivity contribution in [3.05, 3.63) is 70.1 Å². The van der Waals surface area contributed by atoms with Gasteiger partial charge in [0.1, 0.15) is 0 Å². The van der Waals surface area contributed by atoms with Crippen LogP contribution in [-0.4, -0.2) is 29.3 Å². The fourth-order valence-electron chi connectivity index (χ4n) is 2.21. The minimum absolute atomic E-state index is 0.204. The fourth-order valence-corrected chi connectivity index (χ4v) is 3.19. The van der Waals surface area contributed by atoms with Crippen LogP contribution in [0.5, 0.6) is 0 Å². The molecule has 0 aliphatic carbocycles. The van der Waals surface area contributed by atoms with E-state index in [0.717, 1.165) is 11.3 Å². The smallest absolute Gasteiger partial charge is 0.336 e. The Hall–Kier alpha value is -2.70.